The zero-order chi connectivity index (χ0) is 8.27. The van der Waals surface area contributed by atoms with Crippen molar-refractivity contribution in [3.63, 3.8) is 0 Å². The molecule has 2 N–H and O–H groups in total. The topological polar surface area (TPSA) is 29.3 Å². The molecule has 0 aromatic rings. The molecule has 1 aliphatic rings. The van der Waals surface area contributed by atoms with E-state index in [-0.39, 0.29) is 0 Å². The van der Waals surface area contributed by atoms with Gasteiger partial charge in [-0.15, -0.1) is 0 Å². The Bertz CT molecular complexity index is 112. The summed E-state index contributed by atoms with van der Waals surface area (Å²) < 4.78 is 0. The number of nitrogens with two attached hydrogens (primary N) is 1. The first-order valence-corrected chi connectivity index (χ1v) is 4.64. The molecule has 2 heteroatoms. The Hall–Kier alpha value is -0.0800. The number of hydrogen-bond donors (Lipinski definition) is 1. The molecular formula is C9H20N2. The van der Waals surface area contributed by atoms with Gasteiger partial charge in [-0.2, -0.15) is 0 Å². The third-order valence-corrected chi connectivity index (χ3v) is 2.65. The summed E-state index contributed by atoms with van der Waals surface area (Å²) in [6, 6.07) is 0.371. The Morgan fingerprint density at radius 2 is 2.18 bits per heavy atom. The summed E-state index contributed by atoms with van der Waals surface area (Å²) in [5.41, 5.74) is 5.87. The van der Waals surface area contributed by atoms with Crippen LogP contribution in [0.2, 0.25) is 0 Å². The molecule has 0 amide bonds. The van der Waals surface area contributed by atoms with Crippen molar-refractivity contribution in [2.45, 2.75) is 32.2 Å². The SMILES string of the molecule is CC(N)C1CCCCN(C)C1. The molecule has 2 unspecified atom stereocenters. The highest BCUT2D eigenvalue weighted by Gasteiger charge is 2.18. The van der Waals surface area contributed by atoms with Crippen molar-refractivity contribution in [2.24, 2.45) is 11.7 Å². The van der Waals surface area contributed by atoms with Crippen LogP contribution in [0.4, 0.5) is 0 Å². The van der Waals surface area contributed by atoms with E-state index in [4.69, 9.17) is 5.73 Å². The van der Waals surface area contributed by atoms with Gasteiger partial charge in [0, 0.05) is 12.6 Å². The van der Waals surface area contributed by atoms with Gasteiger partial charge in [-0.3, -0.25) is 0 Å². The lowest BCUT2D eigenvalue weighted by Gasteiger charge is -2.22. The molecule has 0 bridgehead atoms. The minimum Gasteiger partial charge on any atom is -0.328 e. The van der Waals surface area contributed by atoms with E-state index < -0.39 is 0 Å². The van der Waals surface area contributed by atoms with Crippen LogP contribution in [0.3, 0.4) is 0 Å². The van der Waals surface area contributed by atoms with Crippen LogP contribution in [0.5, 0.6) is 0 Å². The van der Waals surface area contributed by atoms with Gasteiger partial charge in [-0.1, -0.05) is 6.42 Å². The fraction of sp³-hybridized carbons (Fsp3) is 1.00. The largest absolute Gasteiger partial charge is 0.328 e. The summed E-state index contributed by atoms with van der Waals surface area (Å²) >= 11 is 0. The van der Waals surface area contributed by atoms with Crippen LogP contribution in [0.25, 0.3) is 0 Å². The predicted molar refractivity (Wildman–Crippen MR) is 48.5 cm³/mol. The second-order valence-corrected chi connectivity index (χ2v) is 3.88. The Labute approximate surface area is 69.8 Å². The predicted octanol–water partition coefficient (Wildman–Crippen LogP) is 1.07. The van der Waals surface area contributed by atoms with E-state index in [1.54, 1.807) is 0 Å². The van der Waals surface area contributed by atoms with Crippen molar-refractivity contribution in [1.82, 2.24) is 4.90 Å². The van der Waals surface area contributed by atoms with Gasteiger partial charge >= 0.3 is 0 Å². The van der Waals surface area contributed by atoms with Gasteiger partial charge in [-0.25, -0.2) is 0 Å². The van der Waals surface area contributed by atoms with E-state index in [0.29, 0.717) is 6.04 Å². The van der Waals surface area contributed by atoms with Crippen LogP contribution in [0, 0.1) is 5.92 Å². The summed E-state index contributed by atoms with van der Waals surface area (Å²) in [6.45, 7) is 4.57. The van der Waals surface area contributed by atoms with E-state index in [1.165, 1.54) is 32.4 Å². The molecule has 0 aliphatic carbocycles. The highest BCUT2D eigenvalue weighted by molar-refractivity contribution is 4.74. The summed E-state index contributed by atoms with van der Waals surface area (Å²) in [5, 5.41) is 0. The molecule has 2 atom stereocenters. The molecule has 1 saturated heterocycles. The van der Waals surface area contributed by atoms with Gasteiger partial charge in [0.2, 0.25) is 0 Å². The maximum atomic E-state index is 5.87. The highest BCUT2D eigenvalue weighted by Crippen LogP contribution is 2.17. The molecule has 0 aromatic carbocycles. The maximum absolute atomic E-state index is 5.87. The first kappa shape index (κ1) is 9.01. The smallest absolute Gasteiger partial charge is 0.00509 e. The van der Waals surface area contributed by atoms with Crippen molar-refractivity contribution < 1.29 is 0 Å². The summed E-state index contributed by atoms with van der Waals surface area (Å²) in [6.07, 6.45) is 4.03. The van der Waals surface area contributed by atoms with Gasteiger partial charge in [0.25, 0.3) is 0 Å². The quantitative estimate of drug-likeness (QED) is 0.615. The molecule has 1 rings (SSSR count). The molecule has 11 heavy (non-hydrogen) atoms. The fourth-order valence-electron chi connectivity index (χ4n) is 1.80. The van der Waals surface area contributed by atoms with Gasteiger partial charge in [0.15, 0.2) is 0 Å². The Morgan fingerprint density at radius 3 is 2.82 bits per heavy atom. The summed E-state index contributed by atoms with van der Waals surface area (Å²) in [7, 11) is 2.20. The molecule has 1 heterocycles. The summed E-state index contributed by atoms with van der Waals surface area (Å²) in [5.74, 6) is 0.725. The first-order valence-electron chi connectivity index (χ1n) is 4.64. The lowest BCUT2D eigenvalue weighted by molar-refractivity contribution is 0.278. The van der Waals surface area contributed by atoms with Crippen molar-refractivity contribution in [3.8, 4) is 0 Å². The molecule has 66 valence electrons. The average molecular weight is 156 g/mol. The van der Waals surface area contributed by atoms with Crippen molar-refractivity contribution in [3.05, 3.63) is 0 Å². The van der Waals surface area contributed by atoms with Crippen LogP contribution in [-0.4, -0.2) is 31.1 Å². The second kappa shape index (κ2) is 4.07. The van der Waals surface area contributed by atoms with E-state index >= 15 is 0 Å². The first-order chi connectivity index (χ1) is 5.20. The number of rotatable bonds is 1. The maximum Gasteiger partial charge on any atom is 0.00509 e. The molecule has 0 radical (unpaired) electrons. The zero-order valence-corrected chi connectivity index (χ0v) is 7.71. The van der Waals surface area contributed by atoms with Crippen LogP contribution >= 0.6 is 0 Å². The van der Waals surface area contributed by atoms with Crippen molar-refractivity contribution in [1.29, 1.82) is 0 Å². The molecule has 1 aliphatic heterocycles. The molecule has 0 spiro atoms. The second-order valence-electron chi connectivity index (χ2n) is 3.88. The van der Waals surface area contributed by atoms with E-state index in [0.717, 1.165) is 5.92 Å². The third kappa shape index (κ3) is 2.80. The van der Waals surface area contributed by atoms with E-state index in [2.05, 4.69) is 18.9 Å². The minimum atomic E-state index is 0.371. The molecular weight excluding hydrogens is 136 g/mol. The molecule has 0 aromatic heterocycles. The van der Waals surface area contributed by atoms with Crippen LogP contribution in [-0.2, 0) is 0 Å². The van der Waals surface area contributed by atoms with Gasteiger partial charge in [0.05, 0.1) is 0 Å². The van der Waals surface area contributed by atoms with Gasteiger partial charge < -0.3 is 10.6 Å². The van der Waals surface area contributed by atoms with Gasteiger partial charge in [0.1, 0.15) is 0 Å². The van der Waals surface area contributed by atoms with Crippen LogP contribution in [0.1, 0.15) is 26.2 Å². The van der Waals surface area contributed by atoms with Crippen LogP contribution < -0.4 is 5.73 Å². The van der Waals surface area contributed by atoms with Gasteiger partial charge in [-0.05, 0) is 39.3 Å². The Kier molecular flexibility index (Phi) is 3.34. The Morgan fingerprint density at radius 1 is 1.45 bits per heavy atom. The highest BCUT2D eigenvalue weighted by atomic mass is 15.1. The number of hydrogen-bond acceptors (Lipinski definition) is 2. The standard InChI is InChI=1S/C9H20N2/c1-8(10)9-5-3-4-6-11(2)7-9/h8-9H,3-7,10H2,1-2H3. The fourth-order valence-corrected chi connectivity index (χ4v) is 1.80. The monoisotopic (exact) mass is 156 g/mol. The minimum absolute atomic E-state index is 0.371. The zero-order valence-electron chi connectivity index (χ0n) is 7.71. The van der Waals surface area contributed by atoms with Crippen molar-refractivity contribution in [2.75, 3.05) is 20.1 Å². The molecule has 0 saturated carbocycles. The van der Waals surface area contributed by atoms with E-state index in [9.17, 15) is 0 Å². The molecule has 1 fully saturated rings. The van der Waals surface area contributed by atoms with Crippen LogP contribution in [0.15, 0.2) is 0 Å². The lowest BCUT2D eigenvalue weighted by Crippen LogP contribution is -2.34. The molecule has 2 nitrogen and oxygen atoms in total. The third-order valence-electron chi connectivity index (χ3n) is 2.65. The Balaban J connectivity index is 2.39. The summed E-state index contributed by atoms with van der Waals surface area (Å²) in [4.78, 5) is 2.40. The number of nitrogens with zero attached hydrogens (tertiary/aromatic N) is 1. The normalized spacial score (nSPS) is 31.4. The average Bonchev–Trinajstić information content (AvgIpc) is 2.13. The lowest BCUT2D eigenvalue weighted by atomic mass is 9.97. The van der Waals surface area contributed by atoms with Crippen molar-refractivity contribution >= 4 is 0 Å². The number of likely N-dealkylation sites (tertiary alicyclic amines) is 1. The van der Waals surface area contributed by atoms with E-state index in [1.807, 2.05) is 0 Å².